The SMILES string of the molecule is CCNC(COCC1CCCC1)c1ccc(CC)cc1. The second kappa shape index (κ2) is 8.43. The Morgan fingerprint density at radius 1 is 1.15 bits per heavy atom. The molecule has 1 N–H and O–H groups in total. The van der Waals surface area contributed by atoms with Crippen LogP contribution in [0.4, 0.5) is 0 Å². The van der Waals surface area contributed by atoms with Crippen LogP contribution in [-0.4, -0.2) is 19.8 Å². The third kappa shape index (κ3) is 4.60. The Balaban J connectivity index is 1.84. The molecule has 2 heteroatoms. The maximum atomic E-state index is 5.98. The third-order valence-electron chi connectivity index (χ3n) is 4.35. The lowest BCUT2D eigenvalue weighted by Gasteiger charge is -2.20. The van der Waals surface area contributed by atoms with Crippen LogP contribution in [0, 0.1) is 5.92 Å². The van der Waals surface area contributed by atoms with E-state index in [1.54, 1.807) is 0 Å². The van der Waals surface area contributed by atoms with Crippen molar-refractivity contribution in [3.63, 3.8) is 0 Å². The third-order valence-corrected chi connectivity index (χ3v) is 4.35. The lowest BCUT2D eigenvalue weighted by atomic mass is 10.0. The van der Waals surface area contributed by atoms with Gasteiger partial charge in [0.25, 0.3) is 0 Å². The zero-order valence-corrected chi connectivity index (χ0v) is 13.0. The summed E-state index contributed by atoms with van der Waals surface area (Å²) in [6.07, 6.45) is 6.60. The van der Waals surface area contributed by atoms with Crippen LogP contribution in [0.2, 0.25) is 0 Å². The van der Waals surface area contributed by atoms with Crippen LogP contribution in [0.25, 0.3) is 0 Å². The fraction of sp³-hybridized carbons (Fsp3) is 0.667. The van der Waals surface area contributed by atoms with Gasteiger partial charge in [0.1, 0.15) is 0 Å². The first-order valence-electron chi connectivity index (χ1n) is 8.23. The van der Waals surface area contributed by atoms with Gasteiger partial charge in [0.05, 0.1) is 12.6 Å². The normalized spacial score (nSPS) is 17.5. The van der Waals surface area contributed by atoms with Gasteiger partial charge in [0.2, 0.25) is 0 Å². The number of rotatable bonds is 8. The second-order valence-electron chi connectivity index (χ2n) is 5.89. The van der Waals surface area contributed by atoms with Crippen LogP contribution in [0.5, 0.6) is 0 Å². The monoisotopic (exact) mass is 275 g/mol. The van der Waals surface area contributed by atoms with E-state index >= 15 is 0 Å². The molecule has 0 amide bonds. The summed E-state index contributed by atoms with van der Waals surface area (Å²) in [4.78, 5) is 0. The first kappa shape index (κ1) is 15.5. The van der Waals surface area contributed by atoms with Crippen molar-refractivity contribution in [1.82, 2.24) is 5.32 Å². The van der Waals surface area contributed by atoms with Crippen molar-refractivity contribution in [2.45, 2.75) is 52.0 Å². The summed E-state index contributed by atoms with van der Waals surface area (Å²) >= 11 is 0. The summed E-state index contributed by atoms with van der Waals surface area (Å²) in [7, 11) is 0. The first-order valence-corrected chi connectivity index (χ1v) is 8.23. The predicted molar refractivity (Wildman–Crippen MR) is 85.0 cm³/mol. The summed E-state index contributed by atoms with van der Waals surface area (Å²) in [5, 5.41) is 3.54. The lowest BCUT2D eigenvalue weighted by Crippen LogP contribution is -2.26. The van der Waals surface area contributed by atoms with E-state index in [0.717, 1.165) is 32.1 Å². The van der Waals surface area contributed by atoms with Gasteiger partial charge in [0, 0.05) is 6.61 Å². The summed E-state index contributed by atoms with van der Waals surface area (Å²) in [5.41, 5.74) is 2.74. The quantitative estimate of drug-likeness (QED) is 0.771. The average molecular weight is 275 g/mol. The minimum absolute atomic E-state index is 0.326. The standard InChI is InChI=1S/C18H29NO/c1-3-15-9-11-17(12-10-15)18(19-4-2)14-20-13-16-7-5-6-8-16/h9-12,16,18-19H,3-8,13-14H2,1-2H3. The van der Waals surface area contributed by atoms with Crippen molar-refractivity contribution in [3.8, 4) is 0 Å². The zero-order chi connectivity index (χ0) is 14.2. The zero-order valence-electron chi connectivity index (χ0n) is 13.0. The molecule has 1 aromatic rings. The minimum Gasteiger partial charge on any atom is -0.379 e. The topological polar surface area (TPSA) is 21.3 Å². The molecule has 1 aliphatic rings. The van der Waals surface area contributed by atoms with E-state index < -0.39 is 0 Å². The van der Waals surface area contributed by atoms with Gasteiger partial charge in [-0.1, -0.05) is 51.0 Å². The summed E-state index contributed by atoms with van der Waals surface area (Å²) < 4.78 is 5.98. The number of ether oxygens (including phenoxy) is 1. The molecule has 2 rings (SSSR count). The molecule has 20 heavy (non-hydrogen) atoms. The van der Waals surface area contributed by atoms with Crippen LogP contribution in [-0.2, 0) is 11.2 Å². The van der Waals surface area contributed by atoms with Crippen LogP contribution in [0.1, 0.15) is 56.7 Å². The summed E-state index contributed by atoms with van der Waals surface area (Å²) in [6.45, 7) is 7.06. The summed E-state index contributed by atoms with van der Waals surface area (Å²) in [5.74, 6) is 0.805. The maximum Gasteiger partial charge on any atom is 0.0661 e. The van der Waals surface area contributed by atoms with Crippen LogP contribution in [0.3, 0.4) is 0 Å². The van der Waals surface area contributed by atoms with Gasteiger partial charge in [-0.05, 0) is 42.9 Å². The molecule has 1 fully saturated rings. The maximum absolute atomic E-state index is 5.98. The van der Waals surface area contributed by atoms with E-state index in [4.69, 9.17) is 4.74 Å². The van der Waals surface area contributed by atoms with Crippen molar-refractivity contribution in [2.24, 2.45) is 5.92 Å². The second-order valence-corrected chi connectivity index (χ2v) is 5.89. The van der Waals surface area contributed by atoms with Crippen molar-refractivity contribution in [3.05, 3.63) is 35.4 Å². The molecular formula is C18H29NO. The molecule has 1 aromatic carbocycles. The fourth-order valence-electron chi connectivity index (χ4n) is 3.03. The fourth-order valence-corrected chi connectivity index (χ4v) is 3.03. The molecular weight excluding hydrogens is 246 g/mol. The van der Waals surface area contributed by atoms with Gasteiger partial charge in [-0.25, -0.2) is 0 Å². The molecule has 0 spiro atoms. The van der Waals surface area contributed by atoms with E-state index in [1.807, 2.05) is 0 Å². The average Bonchev–Trinajstić information content (AvgIpc) is 3.00. The van der Waals surface area contributed by atoms with Gasteiger partial charge in [-0.2, -0.15) is 0 Å². The highest BCUT2D eigenvalue weighted by atomic mass is 16.5. The molecule has 0 heterocycles. The van der Waals surface area contributed by atoms with E-state index in [9.17, 15) is 0 Å². The van der Waals surface area contributed by atoms with E-state index in [-0.39, 0.29) is 0 Å². The van der Waals surface area contributed by atoms with E-state index in [2.05, 4.69) is 43.4 Å². The van der Waals surface area contributed by atoms with Gasteiger partial charge in [0.15, 0.2) is 0 Å². The highest BCUT2D eigenvalue weighted by molar-refractivity contribution is 5.25. The molecule has 0 saturated heterocycles. The Labute approximate surface area is 123 Å². The Morgan fingerprint density at radius 3 is 2.45 bits per heavy atom. The first-order chi connectivity index (χ1) is 9.83. The number of likely N-dealkylation sites (N-methyl/N-ethyl adjacent to an activating group) is 1. The Morgan fingerprint density at radius 2 is 1.85 bits per heavy atom. The largest absolute Gasteiger partial charge is 0.379 e. The number of hydrogen-bond acceptors (Lipinski definition) is 2. The lowest BCUT2D eigenvalue weighted by molar-refractivity contribution is 0.0831. The van der Waals surface area contributed by atoms with Crippen molar-refractivity contribution < 1.29 is 4.74 Å². The summed E-state index contributed by atoms with van der Waals surface area (Å²) in [6, 6.07) is 9.27. The number of aryl methyl sites for hydroxylation is 1. The molecule has 112 valence electrons. The molecule has 1 atom stereocenters. The van der Waals surface area contributed by atoms with Crippen molar-refractivity contribution in [2.75, 3.05) is 19.8 Å². The van der Waals surface area contributed by atoms with Crippen LogP contribution in [0.15, 0.2) is 24.3 Å². The molecule has 1 saturated carbocycles. The molecule has 1 aliphatic carbocycles. The molecule has 2 nitrogen and oxygen atoms in total. The molecule has 0 aliphatic heterocycles. The predicted octanol–water partition coefficient (Wildman–Crippen LogP) is 4.11. The Bertz CT molecular complexity index is 368. The molecule has 0 radical (unpaired) electrons. The van der Waals surface area contributed by atoms with E-state index in [1.165, 1.54) is 36.8 Å². The molecule has 0 bridgehead atoms. The van der Waals surface area contributed by atoms with Crippen LogP contribution < -0.4 is 5.32 Å². The van der Waals surface area contributed by atoms with E-state index in [0.29, 0.717) is 6.04 Å². The molecule has 1 unspecified atom stereocenters. The highest BCUT2D eigenvalue weighted by Crippen LogP contribution is 2.25. The number of hydrogen-bond donors (Lipinski definition) is 1. The highest BCUT2D eigenvalue weighted by Gasteiger charge is 2.16. The molecule has 0 aromatic heterocycles. The van der Waals surface area contributed by atoms with Crippen molar-refractivity contribution >= 4 is 0 Å². The smallest absolute Gasteiger partial charge is 0.0661 e. The number of benzene rings is 1. The van der Waals surface area contributed by atoms with Gasteiger partial charge >= 0.3 is 0 Å². The van der Waals surface area contributed by atoms with Gasteiger partial charge < -0.3 is 10.1 Å². The van der Waals surface area contributed by atoms with Crippen LogP contribution >= 0.6 is 0 Å². The van der Waals surface area contributed by atoms with Gasteiger partial charge in [-0.3, -0.25) is 0 Å². The Hall–Kier alpha value is -0.860. The Kier molecular flexibility index (Phi) is 6.55. The van der Waals surface area contributed by atoms with Gasteiger partial charge in [-0.15, -0.1) is 0 Å². The van der Waals surface area contributed by atoms with Crippen molar-refractivity contribution in [1.29, 1.82) is 0 Å². The minimum atomic E-state index is 0.326. The number of nitrogens with one attached hydrogen (secondary N) is 1.